The second kappa shape index (κ2) is 6.16. The summed E-state index contributed by atoms with van der Waals surface area (Å²) in [6.07, 6.45) is 2.98. The molecule has 2 rings (SSSR count). The minimum Gasteiger partial charge on any atom is -0.480 e. The number of aromatic nitrogens is 2. The lowest BCUT2D eigenvalue weighted by molar-refractivity contribution is -0.150. The molecule has 1 aliphatic heterocycles. The van der Waals surface area contributed by atoms with Gasteiger partial charge in [0.05, 0.1) is 18.9 Å². The van der Waals surface area contributed by atoms with Crippen molar-refractivity contribution in [3.63, 3.8) is 0 Å². The van der Waals surface area contributed by atoms with Crippen molar-refractivity contribution in [3.8, 4) is 0 Å². The molecule has 1 aromatic heterocycles. The average Bonchev–Trinajstić information content (AvgIpc) is 2.86. The van der Waals surface area contributed by atoms with Crippen LogP contribution in [0.5, 0.6) is 0 Å². The highest BCUT2D eigenvalue weighted by Gasteiger charge is 2.29. The Morgan fingerprint density at radius 2 is 2.47 bits per heavy atom. The van der Waals surface area contributed by atoms with Crippen molar-refractivity contribution in [1.82, 2.24) is 14.7 Å². The highest BCUT2D eigenvalue weighted by molar-refractivity contribution is 5.73. The van der Waals surface area contributed by atoms with Gasteiger partial charge in [-0.1, -0.05) is 6.92 Å². The molecule has 2 heterocycles. The number of carbonyl (C=O) groups is 1. The molecule has 0 amide bonds. The maximum atomic E-state index is 11.2. The third-order valence-electron chi connectivity index (χ3n) is 3.60. The quantitative estimate of drug-likeness (QED) is 0.866. The van der Waals surface area contributed by atoms with Crippen LogP contribution in [-0.4, -0.2) is 51.6 Å². The predicted octanol–water partition coefficient (Wildman–Crippen LogP) is 1.14. The molecular formula is C13H21N3O3. The average molecular weight is 267 g/mol. The first-order valence-corrected chi connectivity index (χ1v) is 6.70. The zero-order valence-corrected chi connectivity index (χ0v) is 11.5. The summed E-state index contributed by atoms with van der Waals surface area (Å²) in [6, 6.07) is 1.76. The van der Waals surface area contributed by atoms with Gasteiger partial charge >= 0.3 is 5.97 Å². The monoisotopic (exact) mass is 267 g/mol. The van der Waals surface area contributed by atoms with Crippen LogP contribution in [0.3, 0.4) is 0 Å². The van der Waals surface area contributed by atoms with Gasteiger partial charge in [-0.3, -0.25) is 14.4 Å². The van der Waals surface area contributed by atoms with Gasteiger partial charge in [-0.05, 0) is 19.4 Å². The molecule has 6 nitrogen and oxygen atoms in total. The Bertz CT molecular complexity index is 433. The van der Waals surface area contributed by atoms with Gasteiger partial charge < -0.3 is 9.84 Å². The molecule has 19 heavy (non-hydrogen) atoms. The van der Waals surface area contributed by atoms with Crippen molar-refractivity contribution in [3.05, 3.63) is 18.0 Å². The standard InChI is InChI=1S/C13H21N3O3/c1-3-10(2)16-5-4-11(14-16)8-15-6-7-19-9-12(15)13(17)18/h4-5,10,12H,3,6-9H2,1-2H3,(H,17,18). The second-order valence-corrected chi connectivity index (χ2v) is 4.94. The molecule has 0 bridgehead atoms. The van der Waals surface area contributed by atoms with E-state index in [1.54, 1.807) is 0 Å². The predicted molar refractivity (Wildman–Crippen MR) is 69.9 cm³/mol. The minimum absolute atomic E-state index is 0.251. The number of aliphatic carboxylic acids is 1. The van der Waals surface area contributed by atoms with E-state index in [0.29, 0.717) is 25.7 Å². The van der Waals surface area contributed by atoms with Gasteiger partial charge in [0.1, 0.15) is 6.04 Å². The van der Waals surface area contributed by atoms with Crippen molar-refractivity contribution >= 4 is 5.97 Å². The topological polar surface area (TPSA) is 67.6 Å². The van der Waals surface area contributed by atoms with Crippen LogP contribution in [0.15, 0.2) is 12.3 Å². The lowest BCUT2D eigenvalue weighted by Crippen LogP contribution is -2.49. The third kappa shape index (κ3) is 3.33. The Labute approximate surface area is 113 Å². The molecule has 106 valence electrons. The zero-order valence-electron chi connectivity index (χ0n) is 11.5. The van der Waals surface area contributed by atoms with Crippen molar-refractivity contribution in [2.24, 2.45) is 0 Å². The van der Waals surface area contributed by atoms with Gasteiger partial charge in [-0.25, -0.2) is 0 Å². The fourth-order valence-electron chi connectivity index (χ4n) is 2.16. The fourth-order valence-corrected chi connectivity index (χ4v) is 2.16. The lowest BCUT2D eigenvalue weighted by atomic mass is 10.2. The summed E-state index contributed by atoms with van der Waals surface area (Å²) >= 11 is 0. The van der Waals surface area contributed by atoms with Gasteiger partial charge in [0.2, 0.25) is 0 Å². The maximum absolute atomic E-state index is 11.2. The van der Waals surface area contributed by atoms with E-state index < -0.39 is 12.0 Å². The normalized spacial score (nSPS) is 22.3. The van der Waals surface area contributed by atoms with E-state index in [0.717, 1.165) is 12.1 Å². The largest absolute Gasteiger partial charge is 0.480 e. The van der Waals surface area contributed by atoms with Crippen LogP contribution in [0.25, 0.3) is 0 Å². The summed E-state index contributed by atoms with van der Waals surface area (Å²) in [7, 11) is 0. The number of carboxylic acid groups (broad SMARTS) is 1. The van der Waals surface area contributed by atoms with E-state index in [1.165, 1.54) is 0 Å². The highest BCUT2D eigenvalue weighted by Crippen LogP contribution is 2.14. The first-order chi connectivity index (χ1) is 9.11. The van der Waals surface area contributed by atoms with Crippen LogP contribution in [0, 0.1) is 0 Å². The Hall–Kier alpha value is -1.40. The Balaban J connectivity index is 2.02. The van der Waals surface area contributed by atoms with Gasteiger partial charge in [0.15, 0.2) is 0 Å². The molecule has 0 saturated carbocycles. The molecule has 1 fully saturated rings. The summed E-state index contributed by atoms with van der Waals surface area (Å²) in [6.45, 7) is 6.26. The molecule has 2 atom stereocenters. The van der Waals surface area contributed by atoms with E-state index in [1.807, 2.05) is 21.8 Å². The summed E-state index contributed by atoms with van der Waals surface area (Å²) in [5.74, 6) is -0.832. The number of rotatable bonds is 5. The number of hydrogen-bond donors (Lipinski definition) is 1. The van der Waals surface area contributed by atoms with Crippen LogP contribution in [0.2, 0.25) is 0 Å². The first-order valence-electron chi connectivity index (χ1n) is 6.70. The lowest BCUT2D eigenvalue weighted by Gasteiger charge is -2.32. The molecule has 2 unspecified atom stereocenters. The van der Waals surface area contributed by atoms with Gasteiger partial charge in [-0.2, -0.15) is 5.10 Å². The minimum atomic E-state index is -0.832. The summed E-state index contributed by atoms with van der Waals surface area (Å²) in [4.78, 5) is 13.1. The highest BCUT2D eigenvalue weighted by atomic mass is 16.5. The van der Waals surface area contributed by atoms with Gasteiger partial charge in [0, 0.05) is 25.3 Å². The molecule has 1 saturated heterocycles. The maximum Gasteiger partial charge on any atom is 0.323 e. The Kier molecular flexibility index (Phi) is 4.55. The van der Waals surface area contributed by atoms with Crippen molar-refractivity contribution in [2.75, 3.05) is 19.8 Å². The summed E-state index contributed by atoms with van der Waals surface area (Å²) in [5, 5.41) is 13.7. The molecule has 0 spiro atoms. The molecule has 1 aliphatic rings. The smallest absolute Gasteiger partial charge is 0.323 e. The van der Waals surface area contributed by atoms with Crippen LogP contribution in [-0.2, 0) is 16.1 Å². The van der Waals surface area contributed by atoms with E-state index >= 15 is 0 Å². The number of carboxylic acids is 1. The van der Waals surface area contributed by atoms with Crippen molar-refractivity contribution in [2.45, 2.75) is 38.9 Å². The molecule has 6 heteroatoms. The van der Waals surface area contributed by atoms with Gasteiger partial charge in [0.25, 0.3) is 0 Å². The Morgan fingerprint density at radius 3 is 3.16 bits per heavy atom. The van der Waals surface area contributed by atoms with Crippen LogP contribution in [0.4, 0.5) is 0 Å². The second-order valence-electron chi connectivity index (χ2n) is 4.94. The van der Waals surface area contributed by atoms with E-state index in [-0.39, 0.29) is 6.61 Å². The number of morpholine rings is 1. The molecule has 0 radical (unpaired) electrons. The van der Waals surface area contributed by atoms with Crippen LogP contribution >= 0.6 is 0 Å². The summed E-state index contributed by atoms with van der Waals surface area (Å²) in [5.41, 5.74) is 0.911. The van der Waals surface area contributed by atoms with E-state index in [4.69, 9.17) is 4.74 Å². The van der Waals surface area contributed by atoms with Gasteiger partial charge in [-0.15, -0.1) is 0 Å². The van der Waals surface area contributed by atoms with Crippen molar-refractivity contribution < 1.29 is 14.6 Å². The van der Waals surface area contributed by atoms with Crippen molar-refractivity contribution in [1.29, 1.82) is 0 Å². The Morgan fingerprint density at radius 1 is 1.68 bits per heavy atom. The third-order valence-corrected chi connectivity index (χ3v) is 3.60. The first kappa shape index (κ1) is 14.0. The molecule has 0 aliphatic carbocycles. The fraction of sp³-hybridized carbons (Fsp3) is 0.692. The molecule has 0 aromatic carbocycles. The molecule has 1 aromatic rings. The van der Waals surface area contributed by atoms with E-state index in [9.17, 15) is 9.90 Å². The number of hydrogen-bond acceptors (Lipinski definition) is 4. The number of ether oxygens (including phenoxy) is 1. The SMILES string of the molecule is CCC(C)n1ccc(CN2CCOCC2C(=O)O)n1. The molecular weight excluding hydrogens is 246 g/mol. The molecule has 1 N–H and O–H groups in total. The van der Waals surface area contributed by atoms with Crippen LogP contribution < -0.4 is 0 Å². The number of nitrogens with zero attached hydrogens (tertiary/aromatic N) is 3. The summed E-state index contributed by atoms with van der Waals surface area (Å²) < 4.78 is 7.16. The van der Waals surface area contributed by atoms with Crippen LogP contribution in [0.1, 0.15) is 32.0 Å². The van der Waals surface area contributed by atoms with E-state index in [2.05, 4.69) is 18.9 Å². The zero-order chi connectivity index (χ0) is 13.8.